The van der Waals surface area contributed by atoms with Crippen LogP contribution in [0.1, 0.15) is 35.6 Å². The van der Waals surface area contributed by atoms with E-state index in [-0.39, 0.29) is 0 Å². The van der Waals surface area contributed by atoms with Crippen LogP contribution >= 0.6 is 0 Å². The Bertz CT molecular complexity index is 807. The molecule has 0 unspecified atom stereocenters. The maximum absolute atomic E-state index is 11.2. The molecule has 2 aromatic rings. The Morgan fingerprint density at radius 3 is 2.50 bits per heavy atom. The molecule has 24 heavy (non-hydrogen) atoms. The molecule has 4 heteroatoms. The van der Waals surface area contributed by atoms with Crippen LogP contribution in [0.4, 0.5) is 11.4 Å². The van der Waals surface area contributed by atoms with Crippen LogP contribution in [0.2, 0.25) is 0 Å². The molecule has 0 fully saturated rings. The van der Waals surface area contributed by atoms with E-state index in [0.717, 1.165) is 33.6 Å². The number of rotatable bonds is 5. The molecule has 0 atom stereocenters. The molecule has 4 nitrogen and oxygen atoms in total. The van der Waals surface area contributed by atoms with E-state index in [4.69, 9.17) is 5.11 Å². The molecule has 126 valence electrons. The summed E-state index contributed by atoms with van der Waals surface area (Å²) in [6.45, 7) is 7.54. The quantitative estimate of drug-likeness (QED) is 0.538. The third-order valence-corrected chi connectivity index (χ3v) is 4.22. The second-order valence-electron chi connectivity index (χ2n) is 5.92. The summed E-state index contributed by atoms with van der Waals surface area (Å²) in [7, 11) is 0. The summed E-state index contributed by atoms with van der Waals surface area (Å²) in [5, 5.41) is 22.5. The number of anilines is 2. The van der Waals surface area contributed by atoms with E-state index in [0.29, 0.717) is 17.7 Å². The molecule has 0 saturated heterocycles. The van der Waals surface area contributed by atoms with E-state index in [2.05, 4.69) is 5.32 Å². The molecule has 0 radical (unpaired) electrons. The van der Waals surface area contributed by atoms with Crippen molar-refractivity contribution in [3.05, 3.63) is 58.2 Å². The Morgan fingerprint density at radius 2 is 1.88 bits per heavy atom. The van der Waals surface area contributed by atoms with E-state index in [9.17, 15) is 9.90 Å². The van der Waals surface area contributed by atoms with Crippen molar-refractivity contribution in [2.45, 2.75) is 34.1 Å². The predicted molar refractivity (Wildman–Crippen MR) is 97.9 cm³/mol. The summed E-state index contributed by atoms with van der Waals surface area (Å²) in [6, 6.07) is 9.52. The SMILES string of the molecule is CCC(=Cc1cccc(Nc2cc(C)c(O)c(C)c2C)c1)C(=O)O. The van der Waals surface area contributed by atoms with Crippen molar-refractivity contribution in [2.75, 3.05) is 5.32 Å². The van der Waals surface area contributed by atoms with Gasteiger partial charge in [0.1, 0.15) is 5.75 Å². The van der Waals surface area contributed by atoms with Crippen molar-refractivity contribution in [1.29, 1.82) is 0 Å². The first-order valence-electron chi connectivity index (χ1n) is 7.94. The molecular formula is C20H23NO3. The third kappa shape index (κ3) is 3.77. The van der Waals surface area contributed by atoms with Gasteiger partial charge in [0.15, 0.2) is 0 Å². The zero-order valence-corrected chi connectivity index (χ0v) is 14.5. The molecule has 0 aromatic heterocycles. The molecule has 2 aromatic carbocycles. The van der Waals surface area contributed by atoms with Crippen molar-refractivity contribution in [1.82, 2.24) is 0 Å². The third-order valence-electron chi connectivity index (χ3n) is 4.22. The molecule has 0 spiro atoms. The number of phenolic OH excluding ortho intramolecular Hbond substituents is 1. The van der Waals surface area contributed by atoms with Gasteiger partial charge in [-0.1, -0.05) is 19.1 Å². The molecule has 0 amide bonds. The highest BCUT2D eigenvalue weighted by atomic mass is 16.4. The zero-order valence-electron chi connectivity index (χ0n) is 14.5. The standard InChI is InChI=1S/C20H23NO3/c1-5-16(20(23)24)10-15-7-6-8-17(11-15)21-18-9-12(2)19(22)14(4)13(18)3/h6-11,21-22H,5H2,1-4H3,(H,23,24). The fourth-order valence-corrected chi connectivity index (χ4v) is 2.58. The highest BCUT2D eigenvalue weighted by molar-refractivity contribution is 5.92. The first-order valence-corrected chi connectivity index (χ1v) is 7.94. The number of hydrogen-bond donors (Lipinski definition) is 3. The minimum atomic E-state index is -0.892. The number of carboxylic acids is 1. The Kier molecular flexibility index (Phi) is 5.29. The first-order chi connectivity index (χ1) is 11.3. The minimum absolute atomic E-state index is 0.323. The average molecular weight is 325 g/mol. The van der Waals surface area contributed by atoms with E-state index in [1.54, 1.807) is 6.08 Å². The highest BCUT2D eigenvalue weighted by Crippen LogP contribution is 2.32. The van der Waals surface area contributed by atoms with Gasteiger partial charge < -0.3 is 15.5 Å². The van der Waals surface area contributed by atoms with Crippen LogP contribution in [-0.4, -0.2) is 16.2 Å². The number of carboxylic acid groups (broad SMARTS) is 1. The summed E-state index contributed by atoms with van der Waals surface area (Å²) in [5.74, 6) is -0.569. The van der Waals surface area contributed by atoms with Gasteiger partial charge in [-0.05, 0) is 73.7 Å². The van der Waals surface area contributed by atoms with Gasteiger partial charge in [0.25, 0.3) is 0 Å². The number of hydrogen-bond acceptors (Lipinski definition) is 3. The number of phenols is 1. The van der Waals surface area contributed by atoms with E-state index in [1.807, 2.05) is 58.0 Å². The van der Waals surface area contributed by atoms with Gasteiger partial charge >= 0.3 is 5.97 Å². The van der Waals surface area contributed by atoms with Gasteiger partial charge in [-0.3, -0.25) is 0 Å². The summed E-state index contributed by atoms with van der Waals surface area (Å²) >= 11 is 0. The molecule has 0 heterocycles. The number of aryl methyl sites for hydroxylation is 1. The second kappa shape index (κ2) is 7.21. The predicted octanol–water partition coefficient (Wildman–Crippen LogP) is 4.94. The van der Waals surface area contributed by atoms with E-state index in [1.165, 1.54) is 0 Å². The van der Waals surface area contributed by atoms with Gasteiger partial charge in [-0.25, -0.2) is 4.79 Å². The zero-order chi connectivity index (χ0) is 17.9. The van der Waals surface area contributed by atoms with E-state index < -0.39 is 5.97 Å². The van der Waals surface area contributed by atoms with Crippen molar-refractivity contribution in [3.63, 3.8) is 0 Å². The Hall–Kier alpha value is -2.75. The number of carbonyl (C=O) groups is 1. The van der Waals surface area contributed by atoms with Crippen LogP contribution in [0.25, 0.3) is 6.08 Å². The van der Waals surface area contributed by atoms with Crippen LogP contribution in [0.3, 0.4) is 0 Å². The van der Waals surface area contributed by atoms with Gasteiger partial charge in [0, 0.05) is 16.9 Å². The number of nitrogens with one attached hydrogen (secondary N) is 1. The van der Waals surface area contributed by atoms with E-state index >= 15 is 0 Å². The summed E-state index contributed by atoms with van der Waals surface area (Å²) in [6.07, 6.45) is 2.16. The van der Waals surface area contributed by atoms with Crippen LogP contribution in [0, 0.1) is 20.8 Å². The Labute approximate surface area is 142 Å². The summed E-state index contributed by atoms with van der Waals surface area (Å²) < 4.78 is 0. The maximum atomic E-state index is 11.2. The molecule has 0 aliphatic carbocycles. The second-order valence-corrected chi connectivity index (χ2v) is 5.92. The van der Waals surface area contributed by atoms with Gasteiger partial charge in [-0.15, -0.1) is 0 Å². The highest BCUT2D eigenvalue weighted by Gasteiger charge is 2.10. The lowest BCUT2D eigenvalue weighted by Gasteiger charge is -2.15. The molecular weight excluding hydrogens is 302 g/mol. The lowest BCUT2D eigenvalue weighted by Crippen LogP contribution is -1.99. The fraction of sp³-hybridized carbons (Fsp3) is 0.250. The van der Waals surface area contributed by atoms with Crippen LogP contribution < -0.4 is 5.32 Å². The molecule has 0 bridgehead atoms. The molecule has 0 aliphatic rings. The number of aromatic hydroxyl groups is 1. The summed E-state index contributed by atoms with van der Waals surface area (Å²) in [4.78, 5) is 11.2. The Morgan fingerprint density at radius 1 is 1.17 bits per heavy atom. The van der Waals surface area contributed by atoms with Crippen molar-refractivity contribution in [3.8, 4) is 5.75 Å². The topological polar surface area (TPSA) is 69.6 Å². The molecule has 0 aliphatic heterocycles. The van der Waals surface area contributed by atoms with Gasteiger partial charge in [0.2, 0.25) is 0 Å². The number of benzene rings is 2. The monoisotopic (exact) mass is 325 g/mol. The summed E-state index contributed by atoms with van der Waals surface area (Å²) in [5.41, 5.74) is 5.67. The van der Waals surface area contributed by atoms with Gasteiger partial charge in [-0.2, -0.15) is 0 Å². The van der Waals surface area contributed by atoms with Crippen molar-refractivity contribution >= 4 is 23.4 Å². The molecule has 3 N–H and O–H groups in total. The largest absolute Gasteiger partial charge is 0.507 e. The normalized spacial score (nSPS) is 11.4. The van der Waals surface area contributed by atoms with Gasteiger partial charge in [0.05, 0.1) is 0 Å². The van der Waals surface area contributed by atoms with Crippen LogP contribution in [-0.2, 0) is 4.79 Å². The Balaban J connectivity index is 2.36. The number of aliphatic carboxylic acids is 1. The van der Waals surface area contributed by atoms with Crippen LogP contribution in [0.15, 0.2) is 35.9 Å². The average Bonchev–Trinajstić information content (AvgIpc) is 2.55. The van der Waals surface area contributed by atoms with Crippen molar-refractivity contribution in [2.24, 2.45) is 0 Å². The molecule has 0 saturated carbocycles. The fourth-order valence-electron chi connectivity index (χ4n) is 2.58. The van der Waals surface area contributed by atoms with Crippen molar-refractivity contribution < 1.29 is 15.0 Å². The van der Waals surface area contributed by atoms with Crippen LogP contribution in [0.5, 0.6) is 5.75 Å². The lowest BCUT2D eigenvalue weighted by atomic mass is 10.0. The minimum Gasteiger partial charge on any atom is -0.507 e. The molecule has 2 rings (SSSR count). The smallest absolute Gasteiger partial charge is 0.331 e. The first kappa shape index (κ1) is 17.6. The maximum Gasteiger partial charge on any atom is 0.331 e. The lowest BCUT2D eigenvalue weighted by molar-refractivity contribution is -0.132.